The number of nitrogens with one attached hydrogen (secondary N) is 1. The van der Waals surface area contributed by atoms with Gasteiger partial charge in [0, 0.05) is 13.1 Å². The van der Waals surface area contributed by atoms with Crippen LogP contribution in [-0.4, -0.2) is 24.0 Å². The highest BCUT2D eigenvalue weighted by Crippen LogP contribution is 2.21. The van der Waals surface area contributed by atoms with Crippen molar-refractivity contribution in [2.45, 2.75) is 51.1 Å². The lowest BCUT2D eigenvalue weighted by Gasteiger charge is -2.28. The Balaban J connectivity index is 1.87. The Bertz CT molecular complexity index is 369. The number of nitrogens with zero attached hydrogens (tertiary/aromatic N) is 1. The number of urea groups is 1. The highest BCUT2D eigenvalue weighted by Gasteiger charge is 2.22. The van der Waals surface area contributed by atoms with Crippen LogP contribution in [-0.2, 0) is 0 Å². The third-order valence-corrected chi connectivity index (χ3v) is 3.79. The molecular weight excluding hydrogens is 228 g/mol. The topological polar surface area (TPSA) is 45.5 Å². The molecule has 0 aromatic carbocycles. The zero-order valence-corrected chi connectivity index (χ0v) is 11.2. The molecule has 0 spiro atoms. The van der Waals surface area contributed by atoms with Gasteiger partial charge in [0.2, 0.25) is 0 Å². The molecule has 1 saturated carbocycles. The van der Waals surface area contributed by atoms with Gasteiger partial charge in [-0.3, -0.25) is 0 Å². The van der Waals surface area contributed by atoms with E-state index in [1.165, 1.54) is 19.3 Å². The minimum Gasteiger partial charge on any atom is -0.467 e. The van der Waals surface area contributed by atoms with Crippen LogP contribution in [0.5, 0.6) is 0 Å². The van der Waals surface area contributed by atoms with Gasteiger partial charge < -0.3 is 14.6 Å². The van der Waals surface area contributed by atoms with Gasteiger partial charge in [-0.25, -0.2) is 4.79 Å². The van der Waals surface area contributed by atoms with Crippen molar-refractivity contribution < 1.29 is 9.21 Å². The highest BCUT2D eigenvalue weighted by molar-refractivity contribution is 5.74. The van der Waals surface area contributed by atoms with Gasteiger partial charge in [-0.2, -0.15) is 0 Å². The summed E-state index contributed by atoms with van der Waals surface area (Å²) in [6.45, 7) is 1.97. The molecule has 1 aliphatic carbocycles. The maximum Gasteiger partial charge on any atom is 0.317 e. The van der Waals surface area contributed by atoms with Crippen LogP contribution in [0.15, 0.2) is 22.8 Å². The molecule has 0 saturated heterocycles. The van der Waals surface area contributed by atoms with Gasteiger partial charge in [0.1, 0.15) is 5.76 Å². The Labute approximate surface area is 108 Å². The third-order valence-electron chi connectivity index (χ3n) is 3.79. The van der Waals surface area contributed by atoms with Gasteiger partial charge in [-0.1, -0.05) is 19.3 Å². The number of rotatable bonds is 3. The molecule has 1 aromatic rings. The summed E-state index contributed by atoms with van der Waals surface area (Å²) in [5.41, 5.74) is 0. The molecule has 4 heteroatoms. The number of carbonyl (C=O) groups is 1. The predicted octanol–water partition coefficient (Wildman–Crippen LogP) is 3.31. The predicted molar refractivity (Wildman–Crippen MR) is 70.3 cm³/mol. The molecule has 100 valence electrons. The lowest BCUT2D eigenvalue weighted by molar-refractivity contribution is 0.180. The van der Waals surface area contributed by atoms with E-state index in [4.69, 9.17) is 4.42 Å². The summed E-state index contributed by atoms with van der Waals surface area (Å²) < 4.78 is 5.33. The number of hydrogen-bond acceptors (Lipinski definition) is 2. The maximum atomic E-state index is 12.1. The number of carbonyl (C=O) groups excluding carboxylic acids is 1. The summed E-state index contributed by atoms with van der Waals surface area (Å²) in [6, 6.07) is 4.04. The van der Waals surface area contributed by atoms with Crippen LogP contribution in [0.1, 0.15) is 50.8 Å². The van der Waals surface area contributed by atoms with Crippen molar-refractivity contribution in [2.75, 3.05) is 7.05 Å². The van der Waals surface area contributed by atoms with E-state index >= 15 is 0 Å². The van der Waals surface area contributed by atoms with E-state index in [0.29, 0.717) is 6.04 Å². The molecule has 2 rings (SSSR count). The van der Waals surface area contributed by atoms with Crippen LogP contribution in [0.3, 0.4) is 0 Å². The van der Waals surface area contributed by atoms with Crippen molar-refractivity contribution in [1.82, 2.24) is 10.2 Å². The van der Waals surface area contributed by atoms with Crippen LogP contribution in [0.25, 0.3) is 0 Å². The Hall–Kier alpha value is -1.45. The normalized spacial score (nSPS) is 18.3. The van der Waals surface area contributed by atoms with Crippen LogP contribution >= 0.6 is 0 Å². The average molecular weight is 250 g/mol. The summed E-state index contributed by atoms with van der Waals surface area (Å²) >= 11 is 0. The molecule has 1 heterocycles. The largest absolute Gasteiger partial charge is 0.467 e. The Kier molecular flexibility index (Phi) is 4.28. The summed E-state index contributed by atoms with van der Waals surface area (Å²) in [4.78, 5) is 13.8. The Morgan fingerprint density at radius 2 is 2.17 bits per heavy atom. The fourth-order valence-corrected chi connectivity index (χ4v) is 2.42. The average Bonchev–Trinajstić information content (AvgIpc) is 2.92. The first-order valence-electron chi connectivity index (χ1n) is 6.75. The molecule has 0 bridgehead atoms. The zero-order valence-electron chi connectivity index (χ0n) is 11.2. The first-order valence-corrected chi connectivity index (χ1v) is 6.75. The SMILES string of the molecule is CC(c1ccco1)N(C)C(=O)NC1CCCCC1. The van der Waals surface area contributed by atoms with Crippen molar-refractivity contribution in [3.8, 4) is 0 Å². The molecule has 4 nitrogen and oxygen atoms in total. The minimum atomic E-state index is -0.0383. The van der Waals surface area contributed by atoms with Crippen molar-refractivity contribution in [3.63, 3.8) is 0 Å². The monoisotopic (exact) mass is 250 g/mol. The second-order valence-electron chi connectivity index (χ2n) is 5.09. The molecule has 1 atom stereocenters. The van der Waals surface area contributed by atoms with Gasteiger partial charge >= 0.3 is 6.03 Å². The molecule has 1 N–H and O–H groups in total. The number of hydrogen-bond donors (Lipinski definition) is 1. The van der Waals surface area contributed by atoms with Crippen molar-refractivity contribution in [1.29, 1.82) is 0 Å². The fourth-order valence-electron chi connectivity index (χ4n) is 2.42. The third kappa shape index (κ3) is 3.06. The molecule has 0 aliphatic heterocycles. The molecular formula is C14H22N2O2. The van der Waals surface area contributed by atoms with E-state index in [2.05, 4.69) is 5.32 Å². The van der Waals surface area contributed by atoms with Gasteiger partial charge in [0.05, 0.1) is 12.3 Å². The summed E-state index contributed by atoms with van der Waals surface area (Å²) in [5, 5.41) is 3.11. The summed E-state index contributed by atoms with van der Waals surface area (Å²) in [5.74, 6) is 0.816. The van der Waals surface area contributed by atoms with Crippen molar-refractivity contribution >= 4 is 6.03 Å². The Morgan fingerprint density at radius 1 is 1.44 bits per heavy atom. The van der Waals surface area contributed by atoms with Gasteiger partial charge in [0.25, 0.3) is 0 Å². The first kappa shape index (κ1) is 13.0. The fraction of sp³-hybridized carbons (Fsp3) is 0.643. The zero-order chi connectivity index (χ0) is 13.0. The van der Waals surface area contributed by atoms with Crippen LogP contribution < -0.4 is 5.32 Å². The van der Waals surface area contributed by atoms with Gasteiger partial charge in [0.15, 0.2) is 0 Å². The Morgan fingerprint density at radius 3 is 2.78 bits per heavy atom. The molecule has 18 heavy (non-hydrogen) atoms. The van der Waals surface area contributed by atoms with E-state index in [-0.39, 0.29) is 12.1 Å². The standard InChI is InChI=1S/C14H22N2O2/c1-11(13-9-6-10-18-13)16(2)14(17)15-12-7-4-3-5-8-12/h6,9-12H,3-5,7-8H2,1-2H3,(H,15,17). The first-order chi connectivity index (χ1) is 8.68. The van der Waals surface area contributed by atoms with Crippen molar-refractivity contribution in [2.24, 2.45) is 0 Å². The number of furan rings is 1. The van der Waals surface area contributed by atoms with E-state index in [1.807, 2.05) is 26.1 Å². The quantitative estimate of drug-likeness (QED) is 0.894. The molecule has 0 radical (unpaired) electrons. The second kappa shape index (κ2) is 5.94. The smallest absolute Gasteiger partial charge is 0.317 e. The van der Waals surface area contributed by atoms with Crippen LogP contribution in [0.2, 0.25) is 0 Å². The minimum absolute atomic E-state index is 0.00852. The van der Waals surface area contributed by atoms with Gasteiger partial charge in [-0.05, 0) is 31.9 Å². The number of amides is 2. The van der Waals surface area contributed by atoms with Gasteiger partial charge in [-0.15, -0.1) is 0 Å². The lowest BCUT2D eigenvalue weighted by atomic mass is 9.96. The summed E-state index contributed by atoms with van der Waals surface area (Å²) in [7, 11) is 1.81. The molecule has 1 fully saturated rings. The van der Waals surface area contributed by atoms with Crippen LogP contribution in [0, 0.1) is 0 Å². The summed E-state index contributed by atoms with van der Waals surface area (Å²) in [6.07, 6.45) is 7.60. The molecule has 1 aliphatic rings. The van der Waals surface area contributed by atoms with E-state index in [0.717, 1.165) is 18.6 Å². The van der Waals surface area contributed by atoms with E-state index in [9.17, 15) is 4.79 Å². The highest BCUT2D eigenvalue weighted by atomic mass is 16.3. The van der Waals surface area contributed by atoms with E-state index < -0.39 is 0 Å². The second-order valence-corrected chi connectivity index (χ2v) is 5.09. The van der Waals surface area contributed by atoms with Crippen molar-refractivity contribution in [3.05, 3.63) is 24.2 Å². The molecule has 1 unspecified atom stereocenters. The molecule has 1 aromatic heterocycles. The van der Waals surface area contributed by atoms with Crippen LogP contribution in [0.4, 0.5) is 4.79 Å². The lowest BCUT2D eigenvalue weighted by Crippen LogP contribution is -2.44. The molecule has 2 amide bonds. The van der Waals surface area contributed by atoms with E-state index in [1.54, 1.807) is 11.2 Å². The maximum absolute atomic E-state index is 12.1.